The molecule has 1 heterocycles. The van der Waals surface area contributed by atoms with Crippen LogP contribution < -0.4 is 0 Å². The maximum atomic E-state index is 12.4. The number of ether oxygens (including phenoxy) is 1. The third kappa shape index (κ3) is 5.08. The topological polar surface area (TPSA) is 51.5 Å². The molecule has 1 aliphatic carbocycles. The first-order chi connectivity index (χ1) is 13.5. The van der Waals surface area contributed by atoms with E-state index in [9.17, 15) is 9.59 Å². The summed E-state index contributed by atoms with van der Waals surface area (Å²) in [6.45, 7) is 1.82. The van der Waals surface area contributed by atoms with Gasteiger partial charge in [0.1, 0.15) is 6.54 Å². The summed E-state index contributed by atoms with van der Waals surface area (Å²) in [7, 11) is 1.80. The Morgan fingerprint density at radius 1 is 1.21 bits per heavy atom. The van der Waals surface area contributed by atoms with Crippen molar-refractivity contribution < 1.29 is 14.3 Å². The predicted molar refractivity (Wildman–Crippen MR) is 114 cm³/mol. The zero-order valence-electron chi connectivity index (χ0n) is 16.3. The highest BCUT2D eigenvalue weighted by molar-refractivity contribution is 7.73. The minimum Gasteiger partial charge on any atom is -0.454 e. The number of hydrogen-bond donors (Lipinski definition) is 0. The first kappa shape index (κ1) is 20.7. The van der Waals surface area contributed by atoms with Gasteiger partial charge in [0.05, 0.1) is 5.69 Å². The van der Waals surface area contributed by atoms with E-state index in [0.717, 1.165) is 36.9 Å². The molecule has 0 aliphatic heterocycles. The van der Waals surface area contributed by atoms with Gasteiger partial charge in [0.15, 0.2) is 10.6 Å². The van der Waals surface area contributed by atoms with E-state index in [1.165, 1.54) is 23.3 Å². The molecule has 3 rings (SSSR count). The average Bonchev–Trinajstić information content (AvgIpc) is 3.07. The van der Waals surface area contributed by atoms with Gasteiger partial charge < -0.3 is 14.2 Å². The molecule has 1 amide bonds. The SMILES string of the molecule is Cc1ccc(-c2csc(=S)n2CC(=O)OCC(=O)N(C)C2CCCCC2)cc1. The van der Waals surface area contributed by atoms with Crippen LogP contribution in [0.3, 0.4) is 0 Å². The van der Waals surface area contributed by atoms with Crippen molar-refractivity contribution in [2.75, 3.05) is 13.7 Å². The molecule has 0 bridgehead atoms. The highest BCUT2D eigenvalue weighted by Crippen LogP contribution is 2.25. The van der Waals surface area contributed by atoms with E-state index in [0.29, 0.717) is 3.95 Å². The van der Waals surface area contributed by atoms with E-state index in [1.807, 2.05) is 36.6 Å². The van der Waals surface area contributed by atoms with Gasteiger partial charge in [-0.1, -0.05) is 49.1 Å². The molecule has 0 radical (unpaired) electrons. The van der Waals surface area contributed by atoms with Gasteiger partial charge in [0, 0.05) is 18.5 Å². The van der Waals surface area contributed by atoms with Gasteiger partial charge in [-0.15, -0.1) is 11.3 Å². The molecule has 1 fully saturated rings. The Hall–Kier alpha value is -1.99. The second-order valence-corrected chi connectivity index (χ2v) is 8.80. The molecule has 0 saturated heterocycles. The Labute approximate surface area is 174 Å². The van der Waals surface area contributed by atoms with Crippen LogP contribution in [-0.4, -0.2) is 41.0 Å². The molecule has 1 aromatic heterocycles. The van der Waals surface area contributed by atoms with Crippen molar-refractivity contribution in [3.05, 3.63) is 39.2 Å². The van der Waals surface area contributed by atoms with Crippen LogP contribution in [0.25, 0.3) is 11.3 Å². The summed E-state index contributed by atoms with van der Waals surface area (Å²) in [5.74, 6) is -0.596. The number of aryl methyl sites for hydroxylation is 1. The number of nitrogens with zero attached hydrogens (tertiary/aromatic N) is 2. The minimum absolute atomic E-state index is 0.00592. The molecule has 7 heteroatoms. The van der Waals surface area contributed by atoms with Gasteiger partial charge in [-0.25, -0.2) is 0 Å². The quantitative estimate of drug-likeness (QED) is 0.509. The predicted octanol–water partition coefficient (Wildman–Crippen LogP) is 4.59. The fourth-order valence-electron chi connectivity index (χ4n) is 3.52. The van der Waals surface area contributed by atoms with E-state index < -0.39 is 5.97 Å². The zero-order chi connectivity index (χ0) is 20.1. The second-order valence-electron chi connectivity index (χ2n) is 7.30. The van der Waals surface area contributed by atoms with Crippen LogP contribution >= 0.6 is 23.6 Å². The normalized spacial score (nSPS) is 14.6. The first-order valence-corrected chi connectivity index (χ1v) is 10.9. The van der Waals surface area contributed by atoms with Crippen molar-refractivity contribution in [3.8, 4) is 11.3 Å². The molecular weight excluding hydrogens is 392 g/mol. The van der Waals surface area contributed by atoms with Gasteiger partial charge >= 0.3 is 5.97 Å². The molecule has 1 saturated carbocycles. The number of amides is 1. The summed E-state index contributed by atoms with van der Waals surface area (Å²) < 4.78 is 7.64. The van der Waals surface area contributed by atoms with Crippen LogP contribution in [0, 0.1) is 10.9 Å². The summed E-state index contributed by atoms with van der Waals surface area (Å²) in [6.07, 6.45) is 5.60. The van der Waals surface area contributed by atoms with E-state index in [1.54, 1.807) is 16.5 Å². The fourth-order valence-corrected chi connectivity index (χ4v) is 4.59. The lowest BCUT2D eigenvalue weighted by Crippen LogP contribution is -2.40. The second kappa shape index (κ2) is 9.47. The van der Waals surface area contributed by atoms with Crippen LogP contribution in [-0.2, 0) is 20.9 Å². The number of esters is 1. The van der Waals surface area contributed by atoms with Gasteiger partial charge in [-0.05, 0) is 37.5 Å². The molecule has 1 aliphatic rings. The summed E-state index contributed by atoms with van der Waals surface area (Å²) in [6, 6.07) is 8.34. The van der Waals surface area contributed by atoms with Gasteiger partial charge in [-0.2, -0.15) is 0 Å². The van der Waals surface area contributed by atoms with Crippen LogP contribution in [0.15, 0.2) is 29.6 Å². The van der Waals surface area contributed by atoms with E-state index >= 15 is 0 Å². The lowest BCUT2D eigenvalue weighted by atomic mass is 9.94. The minimum atomic E-state index is -0.451. The number of thiazole rings is 1. The molecule has 28 heavy (non-hydrogen) atoms. The van der Waals surface area contributed by atoms with Crippen molar-refractivity contribution in [2.45, 2.75) is 51.6 Å². The summed E-state index contributed by atoms with van der Waals surface area (Å²) >= 11 is 6.79. The van der Waals surface area contributed by atoms with Gasteiger partial charge in [0.2, 0.25) is 0 Å². The van der Waals surface area contributed by atoms with Gasteiger partial charge in [-0.3, -0.25) is 9.59 Å². The van der Waals surface area contributed by atoms with Crippen molar-refractivity contribution >= 4 is 35.4 Å². The summed E-state index contributed by atoms with van der Waals surface area (Å²) in [5.41, 5.74) is 3.06. The molecule has 1 aromatic carbocycles. The number of carbonyl (C=O) groups excluding carboxylic acids is 2. The third-order valence-corrected chi connectivity index (χ3v) is 6.56. The van der Waals surface area contributed by atoms with E-state index in [2.05, 4.69) is 0 Å². The van der Waals surface area contributed by atoms with Crippen molar-refractivity contribution in [1.29, 1.82) is 0 Å². The number of benzene rings is 1. The van der Waals surface area contributed by atoms with Crippen molar-refractivity contribution in [2.24, 2.45) is 0 Å². The highest BCUT2D eigenvalue weighted by atomic mass is 32.1. The van der Waals surface area contributed by atoms with Crippen LogP contribution in [0.1, 0.15) is 37.7 Å². The van der Waals surface area contributed by atoms with E-state index in [-0.39, 0.29) is 25.1 Å². The van der Waals surface area contributed by atoms with Crippen LogP contribution in [0.4, 0.5) is 0 Å². The van der Waals surface area contributed by atoms with E-state index in [4.69, 9.17) is 17.0 Å². The Morgan fingerprint density at radius 2 is 1.89 bits per heavy atom. The summed E-state index contributed by atoms with van der Waals surface area (Å²) in [4.78, 5) is 26.4. The lowest BCUT2D eigenvalue weighted by Gasteiger charge is -2.31. The fraction of sp³-hybridized carbons (Fsp3) is 0.476. The average molecular weight is 419 g/mol. The number of hydrogen-bond acceptors (Lipinski definition) is 5. The molecule has 150 valence electrons. The maximum absolute atomic E-state index is 12.4. The first-order valence-electron chi connectivity index (χ1n) is 9.62. The molecule has 0 spiro atoms. The zero-order valence-corrected chi connectivity index (χ0v) is 18.0. The highest BCUT2D eigenvalue weighted by Gasteiger charge is 2.23. The Balaban J connectivity index is 1.59. The Morgan fingerprint density at radius 3 is 2.57 bits per heavy atom. The molecule has 5 nitrogen and oxygen atoms in total. The molecular formula is C21H26N2O3S2. The van der Waals surface area contributed by atoms with Crippen molar-refractivity contribution in [1.82, 2.24) is 9.47 Å². The standard InChI is InChI=1S/C21H26N2O3S2/c1-15-8-10-16(11-9-15)18-14-28-21(27)23(18)12-20(25)26-13-19(24)22(2)17-6-4-3-5-7-17/h8-11,14,17H,3-7,12-13H2,1-2H3. The Bertz CT molecular complexity index is 880. The Kier molecular flexibility index (Phi) is 7.02. The molecule has 0 unspecified atom stereocenters. The lowest BCUT2D eigenvalue weighted by molar-refractivity contribution is -0.153. The number of aromatic nitrogens is 1. The maximum Gasteiger partial charge on any atom is 0.326 e. The molecule has 0 atom stereocenters. The number of carbonyl (C=O) groups is 2. The molecule has 2 aromatic rings. The number of likely N-dealkylation sites (N-methyl/N-ethyl adjacent to an activating group) is 1. The van der Waals surface area contributed by atoms with Gasteiger partial charge in [0.25, 0.3) is 5.91 Å². The summed E-state index contributed by atoms with van der Waals surface area (Å²) in [5, 5.41) is 1.95. The van der Waals surface area contributed by atoms with Crippen LogP contribution in [0.5, 0.6) is 0 Å². The van der Waals surface area contributed by atoms with Crippen LogP contribution in [0.2, 0.25) is 0 Å². The third-order valence-electron chi connectivity index (χ3n) is 5.29. The largest absolute Gasteiger partial charge is 0.454 e. The number of rotatable bonds is 6. The smallest absolute Gasteiger partial charge is 0.326 e. The molecule has 0 N–H and O–H groups in total. The monoisotopic (exact) mass is 418 g/mol. The van der Waals surface area contributed by atoms with Crippen molar-refractivity contribution in [3.63, 3.8) is 0 Å².